The van der Waals surface area contributed by atoms with E-state index in [4.69, 9.17) is 46.4 Å². The van der Waals surface area contributed by atoms with E-state index in [1.165, 1.54) is 0 Å². The van der Waals surface area contributed by atoms with Crippen LogP contribution in [0.2, 0.25) is 20.1 Å². The van der Waals surface area contributed by atoms with Gasteiger partial charge in [0.05, 0.1) is 17.1 Å². The number of fused-ring (bicyclic) bond motifs is 1. The van der Waals surface area contributed by atoms with Gasteiger partial charge in [-0.1, -0.05) is 52.5 Å². The van der Waals surface area contributed by atoms with E-state index in [9.17, 15) is 0 Å². The number of halogens is 4. The van der Waals surface area contributed by atoms with Gasteiger partial charge >= 0.3 is 0 Å². The molecule has 0 unspecified atom stereocenters. The first-order valence-corrected chi connectivity index (χ1v) is 7.44. The first-order chi connectivity index (χ1) is 9.56. The largest absolute Gasteiger partial charge is 0.343 e. The highest BCUT2D eigenvalue weighted by Gasteiger charge is 2.10. The Bertz CT molecular complexity index is 772. The van der Waals surface area contributed by atoms with E-state index >= 15 is 0 Å². The van der Waals surface area contributed by atoms with Crippen LogP contribution in [0.3, 0.4) is 0 Å². The zero-order valence-corrected chi connectivity index (χ0v) is 13.2. The summed E-state index contributed by atoms with van der Waals surface area (Å²) in [5.41, 5.74) is 1.84. The first kappa shape index (κ1) is 14.1. The fourth-order valence-electron chi connectivity index (χ4n) is 2.21. The van der Waals surface area contributed by atoms with E-state index in [1.807, 2.05) is 41.1 Å². The van der Waals surface area contributed by atoms with E-state index in [1.54, 1.807) is 6.07 Å². The lowest BCUT2D eigenvalue weighted by Gasteiger charge is -2.10. The van der Waals surface area contributed by atoms with Gasteiger partial charge in [-0.15, -0.1) is 0 Å². The minimum absolute atomic E-state index is 0.568. The van der Waals surface area contributed by atoms with Gasteiger partial charge in [-0.3, -0.25) is 0 Å². The van der Waals surface area contributed by atoms with Crippen molar-refractivity contribution in [2.45, 2.75) is 6.54 Å². The summed E-state index contributed by atoms with van der Waals surface area (Å²) < 4.78 is 2.03. The molecule has 0 spiro atoms. The molecule has 1 aromatic heterocycles. The van der Waals surface area contributed by atoms with Crippen molar-refractivity contribution in [2.75, 3.05) is 0 Å². The van der Waals surface area contributed by atoms with Crippen molar-refractivity contribution in [3.05, 3.63) is 68.2 Å². The average Bonchev–Trinajstić information content (AvgIpc) is 2.77. The van der Waals surface area contributed by atoms with Gasteiger partial charge in [-0.2, -0.15) is 0 Å². The number of benzene rings is 2. The zero-order chi connectivity index (χ0) is 14.3. The number of hydrogen-bond acceptors (Lipinski definition) is 0. The quantitative estimate of drug-likeness (QED) is 0.513. The molecular formula is C15H9Cl4N. The zero-order valence-electron chi connectivity index (χ0n) is 10.2. The maximum absolute atomic E-state index is 6.21. The van der Waals surface area contributed by atoms with Crippen LogP contribution in [0.4, 0.5) is 0 Å². The normalized spacial score (nSPS) is 11.2. The number of rotatable bonds is 2. The monoisotopic (exact) mass is 343 g/mol. The third-order valence-corrected chi connectivity index (χ3v) is 4.43. The summed E-state index contributed by atoms with van der Waals surface area (Å²) >= 11 is 24.7. The third kappa shape index (κ3) is 2.51. The minimum atomic E-state index is 0.568. The van der Waals surface area contributed by atoms with Crippen LogP contribution in [0.25, 0.3) is 10.9 Å². The van der Waals surface area contributed by atoms with E-state index in [-0.39, 0.29) is 0 Å². The van der Waals surface area contributed by atoms with Gasteiger partial charge in [-0.05, 0) is 30.3 Å². The van der Waals surface area contributed by atoms with E-state index in [0.29, 0.717) is 26.6 Å². The predicted octanol–water partition coefficient (Wildman–Crippen LogP) is 6.30. The van der Waals surface area contributed by atoms with Gasteiger partial charge in [0.25, 0.3) is 0 Å². The molecule has 0 aliphatic carbocycles. The summed E-state index contributed by atoms with van der Waals surface area (Å²) in [4.78, 5) is 0. The van der Waals surface area contributed by atoms with E-state index in [2.05, 4.69) is 0 Å². The Morgan fingerprint density at radius 1 is 0.850 bits per heavy atom. The highest BCUT2D eigenvalue weighted by Crippen LogP contribution is 2.31. The van der Waals surface area contributed by atoms with Gasteiger partial charge in [-0.25, -0.2) is 0 Å². The Hall–Kier alpha value is -0.860. The van der Waals surface area contributed by atoms with Crippen LogP contribution in [0.15, 0.2) is 42.6 Å². The standard InChI is InChI=1S/C15H9Cl4N/c16-9-6-14(19)10-4-5-20(15(10)7-9)8-11-12(17)2-1-3-13(11)18/h1-7H,8H2. The molecule has 1 nitrogen and oxygen atoms in total. The van der Waals surface area contributed by atoms with E-state index in [0.717, 1.165) is 16.5 Å². The van der Waals surface area contributed by atoms with Crippen molar-refractivity contribution in [1.82, 2.24) is 4.57 Å². The highest BCUT2D eigenvalue weighted by molar-refractivity contribution is 6.38. The smallest absolute Gasteiger partial charge is 0.0514 e. The SMILES string of the molecule is Clc1cc(Cl)c2ccn(Cc3c(Cl)cccc3Cl)c2c1. The summed E-state index contributed by atoms with van der Waals surface area (Å²) in [5, 5.41) is 3.49. The summed E-state index contributed by atoms with van der Waals surface area (Å²) in [6.07, 6.45) is 1.95. The van der Waals surface area contributed by atoms with Crippen LogP contribution < -0.4 is 0 Å². The summed E-state index contributed by atoms with van der Waals surface area (Å²) in [7, 11) is 0. The summed E-state index contributed by atoms with van der Waals surface area (Å²) in [6, 6.07) is 11.1. The molecule has 0 amide bonds. The molecular weight excluding hydrogens is 336 g/mol. The number of hydrogen-bond donors (Lipinski definition) is 0. The van der Waals surface area contributed by atoms with Crippen molar-refractivity contribution < 1.29 is 0 Å². The molecule has 0 aliphatic rings. The third-order valence-electron chi connectivity index (χ3n) is 3.19. The summed E-state index contributed by atoms with van der Waals surface area (Å²) in [6.45, 7) is 0.568. The second-order valence-corrected chi connectivity index (χ2v) is 6.12. The van der Waals surface area contributed by atoms with Crippen molar-refractivity contribution >= 4 is 57.3 Å². The molecule has 3 aromatic rings. The maximum Gasteiger partial charge on any atom is 0.0514 e. The van der Waals surface area contributed by atoms with Crippen LogP contribution in [-0.4, -0.2) is 4.57 Å². The molecule has 0 bridgehead atoms. The molecule has 0 saturated carbocycles. The van der Waals surface area contributed by atoms with Crippen LogP contribution in [0, 0.1) is 0 Å². The van der Waals surface area contributed by atoms with Gasteiger partial charge in [0, 0.05) is 32.2 Å². The highest BCUT2D eigenvalue weighted by atomic mass is 35.5. The Morgan fingerprint density at radius 3 is 2.25 bits per heavy atom. The Labute approximate surface area is 136 Å². The van der Waals surface area contributed by atoms with Crippen molar-refractivity contribution in [1.29, 1.82) is 0 Å². The fraction of sp³-hybridized carbons (Fsp3) is 0.0667. The molecule has 0 radical (unpaired) electrons. The number of nitrogens with zero attached hydrogens (tertiary/aromatic N) is 1. The van der Waals surface area contributed by atoms with Gasteiger partial charge in [0.2, 0.25) is 0 Å². The molecule has 5 heteroatoms. The molecule has 0 N–H and O–H groups in total. The molecule has 3 rings (SSSR count). The lowest BCUT2D eigenvalue weighted by molar-refractivity contribution is 0.837. The predicted molar refractivity (Wildman–Crippen MR) is 87.5 cm³/mol. The lowest BCUT2D eigenvalue weighted by Crippen LogP contribution is -1.99. The van der Waals surface area contributed by atoms with Crippen molar-refractivity contribution in [3.63, 3.8) is 0 Å². The Morgan fingerprint density at radius 2 is 1.55 bits per heavy atom. The molecule has 1 heterocycles. The fourth-order valence-corrected chi connectivity index (χ4v) is 3.27. The molecule has 0 fully saturated rings. The average molecular weight is 345 g/mol. The molecule has 0 aliphatic heterocycles. The Kier molecular flexibility index (Phi) is 3.87. The first-order valence-electron chi connectivity index (χ1n) is 5.93. The van der Waals surface area contributed by atoms with Crippen LogP contribution in [0.1, 0.15) is 5.56 Å². The molecule has 0 atom stereocenters. The molecule has 20 heavy (non-hydrogen) atoms. The van der Waals surface area contributed by atoms with E-state index < -0.39 is 0 Å². The Balaban J connectivity index is 2.12. The molecule has 2 aromatic carbocycles. The van der Waals surface area contributed by atoms with Gasteiger partial charge in [0.15, 0.2) is 0 Å². The van der Waals surface area contributed by atoms with Crippen LogP contribution in [0.5, 0.6) is 0 Å². The van der Waals surface area contributed by atoms with Crippen molar-refractivity contribution in [2.24, 2.45) is 0 Å². The maximum atomic E-state index is 6.21. The molecule has 102 valence electrons. The second kappa shape index (κ2) is 5.50. The second-order valence-electron chi connectivity index (χ2n) is 4.46. The van der Waals surface area contributed by atoms with Gasteiger partial charge in [0.1, 0.15) is 0 Å². The lowest BCUT2D eigenvalue weighted by atomic mass is 10.2. The van der Waals surface area contributed by atoms with Crippen molar-refractivity contribution in [3.8, 4) is 0 Å². The number of aromatic nitrogens is 1. The molecule has 0 saturated heterocycles. The van der Waals surface area contributed by atoms with Crippen LogP contribution in [-0.2, 0) is 6.54 Å². The minimum Gasteiger partial charge on any atom is -0.343 e. The van der Waals surface area contributed by atoms with Crippen LogP contribution >= 0.6 is 46.4 Å². The summed E-state index contributed by atoms with van der Waals surface area (Å²) in [5.74, 6) is 0. The van der Waals surface area contributed by atoms with Gasteiger partial charge < -0.3 is 4.57 Å². The topological polar surface area (TPSA) is 4.93 Å².